The monoisotopic (exact) mass is 616 g/mol. The Morgan fingerprint density at radius 2 is 1.50 bits per heavy atom. The van der Waals surface area contributed by atoms with E-state index in [1.165, 1.54) is 17.7 Å². The number of hydrogen-bond donors (Lipinski definition) is 3. The van der Waals surface area contributed by atoms with Gasteiger partial charge in [0.15, 0.2) is 0 Å². The number of anilines is 2. The van der Waals surface area contributed by atoms with E-state index in [2.05, 4.69) is 32.4 Å². The van der Waals surface area contributed by atoms with Crippen LogP contribution >= 0.6 is 0 Å². The number of benzene rings is 4. The molecule has 1 amide bonds. The van der Waals surface area contributed by atoms with Gasteiger partial charge in [-0.15, -0.1) is 0 Å². The number of nitrogens with zero attached hydrogens (tertiary/aromatic N) is 1. The average Bonchev–Trinajstić information content (AvgIpc) is 2.99. The number of halogens is 1. The SMILES string of the molecule is Cc1ccc(CNC2CCN(Cc3ccc(Oc4ccc(NS(C)(=O)=O)cc4)cc3)CC2)c(C(=O)Nc2ccc(F)cc2)c1. The molecule has 4 aromatic rings. The molecule has 10 heteroatoms. The Bertz CT molecular complexity index is 1670. The first-order valence-electron chi connectivity index (χ1n) is 14.6. The van der Waals surface area contributed by atoms with Crippen molar-refractivity contribution in [1.82, 2.24) is 10.2 Å². The minimum absolute atomic E-state index is 0.205. The van der Waals surface area contributed by atoms with Crippen LogP contribution in [-0.2, 0) is 23.1 Å². The smallest absolute Gasteiger partial charge is 0.255 e. The van der Waals surface area contributed by atoms with E-state index >= 15 is 0 Å². The summed E-state index contributed by atoms with van der Waals surface area (Å²) in [5.74, 6) is 0.785. The quantitative estimate of drug-likeness (QED) is 0.183. The van der Waals surface area contributed by atoms with Crippen LogP contribution in [0.15, 0.2) is 91.0 Å². The molecule has 0 saturated carbocycles. The van der Waals surface area contributed by atoms with Crippen LogP contribution in [0.2, 0.25) is 0 Å². The van der Waals surface area contributed by atoms with Gasteiger partial charge in [-0.2, -0.15) is 0 Å². The molecule has 1 fully saturated rings. The van der Waals surface area contributed by atoms with Gasteiger partial charge in [0.25, 0.3) is 5.91 Å². The fraction of sp³-hybridized carbons (Fsp3) is 0.265. The maximum Gasteiger partial charge on any atom is 0.255 e. The van der Waals surface area contributed by atoms with Gasteiger partial charge in [-0.3, -0.25) is 14.4 Å². The molecule has 1 saturated heterocycles. The highest BCUT2D eigenvalue weighted by atomic mass is 32.2. The first kappa shape index (κ1) is 31.2. The van der Waals surface area contributed by atoms with Crippen molar-refractivity contribution in [3.05, 3.63) is 119 Å². The Hall–Kier alpha value is -4.25. The summed E-state index contributed by atoms with van der Waals surface area (Å²) in [6, 6.07) is 26.8. The first-order chi connectivity index (χ1) is 21.1. The van der Waals surface area contributed by atoms with E-state index in [4.69, 9.17) is 4.74 Å². The Balaban J connectivity index is 1.08. The number of aryl methyl sites for hydroxylation is 1. The van der Waals surface area contributed by atoms with Crippen molar-refractivity contribution in [2.75, 3.05) is 29.4 Å². The van der Waals surface area contributed by atoms with E-state index in [0.717, 1.165) is 49.9 Å². The molecule has 0 spiro atoms. The molecule has 1 heterocycles. The molecule has 0 unspecified atom stereocenters. The van der Waals surface area contributed by atoms with Crippen LogP contribution in [0.4, 0.5) is 15.8 Å². The molecule has 8 nitrogen and oxygen atoms in total. The van der Waals surface area contributed by atoms with Crippen molar-refractivity contribution < 1.29 is 22.3 Å². The Labute approximate surface area is 258 Å². The first-order valence-corrected chi connectivity index (χ1v) is 16.5. The normalized spacial score (nSPS) is 14.2. The van der Waals surface area contributed by atoms with Crippen molar-refractivity contribution in [2.24, 2.45) is 0 Å². The highest BCUT2D eigenvalue weighted by Crippen LogP contribution is 2.25. The number of ether oxygens (including phenoxy) is 1. The van der Waals surface area contributed by atoms with Crippen LogP contribution in [0.5, 0.6) is 11.5 Å². The minimum atomic E-state index is -3.32. The zero-order chi connectivity index (χ0) is 31.1. The van der Waals surface area contributed by atoms with Gasteiger partial charge in [0.05, 0.1) is 6.26 Å². The largest absolute Gasteiger partial charge is 0.457 e. The average molecular weight is 617 g/mol. The predicted octanol–water partition coefficient (Wildman–Crippen LogP) is 6.30. The van der Waals surface area contributed by atoms with E-state index in [-0.39, 0.29) is 11.7 Å². The molecule has 3 N–H and O–H groups in total. The number of carbonyl (C=O) groups excluding carboxylic acids is 1. The summed E-state index contributed by atoms with van der Waals surface area (Å²) in [6.45, 7) is 5.34. The fourth-order valence-electron chi connectivity index (χ4n) is 5.20. The van der Waals surface area contributed by atoms with Gasteiger partial charge in [-0.25, -0.2) is 12.8 Å². The van der Waals surface area contributed by atoms with Crippen LogP contribution in [0.3, 0.4) is 0 Å². The molecule has 0 aromatic heterocycles. The van der Waals surface area contributed by atoms with Gasteiger partial charge in [-0.1, -0.05) is 29.8 Å². The Kier molecular flexibility index (Phi) is 9.94. The molecule has 0 atom stereocenters. The summed E-state index contributed by atoms with van der Waals surface area (Å²) in [7, 11) is -3.32. The number of likely N-dealkylation sites (tertiary alicyclic amines) is 1. The van der Waals surface area contributed by atoms with Gasteiger partial charge in [0, 0.05) is 36.1 Å². The van der Waals surface area contributed by atoms with E-state index in [9.17, 15) is 17.6 Å². The zero-order valence-corrected chi connectivity index (χ0v) is 25.7. The molecular formula is C34H37FN4O4S. The molecule has 1 aliphatic rings. The number of sulfonamides is 1. The van der Waals surface area contributed by atoms with E-state index in [1.54, 1.807) is 36.4 Å². The van der Waals surface area contributed by atoms with Crippen LogP contribution in [0, 0.1) is 12.7 Å². The number of nitrogens with one attached hydrogen (secondary N) is 3. The molecule has 0 aliphatic carbocycles. The zero-order valence-electron chi connectivity index (χ0n) is 24.8. The number of carbonyl (C=O) groups is 1. The molecule has 44 heavy (non-hydrogen) atoms. The molecule has 4 aromatic carbocycles. The highest BCUT2D eigenvalue weighted by molar-refractivity contribution is 7.92. The Morgan fingerprint density at radius 3 is 2.14 bits per heavy atom. The third-order valence-corrected chi connectivity index (χ3v) is 8.11. The van der Waals surface area contributed by atoms with E-state index in [1.807, 2.05) is 37.3 Å². The summed E-state index contributed by atoms with van der Waals surface area (Å²) >= 11 is 0. The van der Waals surface area contributed by atoms with Gasteiger partial charge in [0.1, 0.15) is 17.3 Å². The van der Waals surface area contributed by atoms with Crippen LogP contribution in [0.25, 0.3) is 0 Å². The standard InChI is InChI=1S/C34H37FN4O4S/c1-24-3-6-26(33(21-24)34(40)37-29-9-7-27(35)8-10-29)22-36-28-17-19-39(20-18-28)23-25-4-13-31(14-5-25)43-32-15-11-30(12-16-32)38-44(2,41)42/h3-16,21,28,36,38H,17-20,22-23H2,1-2H3,(H,37,40). The van der Waals surface area contributed by atoms with Crippen molar-refractivity contribution in [3.8, 4) is 11.5 Å². The van der Waals surface area contributed by atoms with Crippen LogP contribution in [0.1, 0.15) is 39.9 Å². The lowest BCUT2D eigenvalue weighted by Gasteiger charge is -2.32. The molecule has 1 aliphatic heterocycles. The summed E-state index contributed by atoms with van der Waals surface area (Å²) < 4.78 is 44.4. The van der Waals surface area contributed by atoms with E-state index in [0.29, 0.717) is 41.0 Å². The van der Waals surface area contributed by atoms with Crippen molar-refractivity contribution in [3.63, 3.8) is 0 Å². The molecular weight excluding hydrogens is 579 g/mol. The number of piperidine rings is 1. The second-order valence-corrected chi connectivity index (χ2v) is 12.9. The topological polar surface area (TPSA) is 99.8 Å². The van der Waals surface area contributed by atoms with Crippen molar-refractivity contribution in [2.45, 2.75) is 38.9 Å². The summed E-state index contributed by atoms with van der Waals surface area (Å²) in [4.78, 5) is 15.5. The lowest BCUT2D eigenvalue weighted by molar-refractivity contribution is 0.102. The van der Waals surface area contributed by atoms with Crippen molar-refractivity contribution >= 4 is 27.3 Å². The van der Waals surface area contributed by atoms with Crippen molar-refractivity contribution in [1.29, 1.82) is 0 Å². The van der Waals surface area contributed by atoms with Crippen LogP contribution < -0.4 is 20.1 Å². The number of rotatable bonds is 11. The second-order valence-electron chi connectivity index (χ2n) is 11.2. The maximum atomic E-state index is 13.3. The fourth-order valence-corrected chi connectivity index (χ4v) is 5.76. The second kappa shape index (κ2) is 14.0. The lowest BCUT2D eigenvalue weighted by atomic mass is 10.0. The molecule has 0 bridgehead atoms. The number of amides is 1. The molecule has 0 radical (unpaired) electrons. The third kappa shape index (κ3) is 9.12. The van der Waals surface area contributed by atoms with E-state index < -0.39 is 10.0 Å². The molecule has 5 rings (SSSR count). The maximum absolute atomic E-state index is 13.3. The van der Waals surface area contributed by atoms with Gasteiger partial charge in [0.2, 0.25) is 10.0 Å². The third-order valence-electron chi connectivity index (χ3n) is 7.50. The van der Waals surface area contributed by atoms with Crippen LogP contribution in [-0.4, -0.2) is 44.6 Å². The number of hydrogen-bond acceptors (Lipinski definition) is 6. The summed E-state index contributed by atoms with van der Waals surface area (Å²) in [6.07, 6.45) is 3.13. The Morgan fingerprint density at radius 1 is 0.886 bits per heavy atom. The summed E-state index contributed by atoms with van der Waals surface area (Å²) in [5.41, 5.74) is 4.80. The van der Waals surface area contributed by atoms with Gasteiger partial charge >= 0.3 is 0 Å². The highest BCUT2D eigenvalue weighted by Gasteiger charge is 2.20. The van der Waals surface area contributed by atoms with Gasteiger partial charge in [-0.05, 0) is 111 Å². The lowest BCUT2D eigenvalue weighted by Crippen LogP contribution is -2.42. The minimum Gasteiger partial charge on any atom is -0.457 e. The molecule has 230 valence electrons. The predicted molar refractivity (Wildman–Crippen MR) is 172 cm³/mol. The summed E-state index contributed by atoms with van der Waals surface area (Å²) in [5, 5.41) is 6.52. The van der Waals surface area contributed by atoms with Gasteiger partial charge < -0.3 is 15.4 Å².